The van der Waals surface area contributed by atoms with Crippen molar-refractivity contribution in [1.29, 1.82) is 0 Å². The Morgan fingerprint density at radius 1 is 1.15 bits per heavy atom. The highest BCUT2D eigenvalue weighted by Gasteiger charge is 2.14. The maximum absolute atomic E-state index is 5.46. The van der Waals surface area contributed by atoms with E-state index in [1.165, 1.54) is 16.7 Å². The zero-order valence-electron chi connectivity index (χ0n) is 12.2. The largest absolute Gasteiger partial charge is 0.379 e. The quantitative estimate of drug-likeness (QED) is 0.884. The van der Waals surface area contributed by atoms with Gasteiger partial charge in [-0.25, -0.2) is 0 Å². The smallest absolute Gasteiger partial charge is 0.0725 e. The van der Waals surface area contributed by atoms with Crippen molar-refractivity contribution in [1.82, 2.24) is 10.2 Å². The molecule has 4 nitrogen and oxygen atoms in total. The summed E-state index contributed by atoms with van der Waals surface area (Å²) in [7, 11) is 0. The topological polar surface area (TPSA) is 33.7 Å². The van der Waals surface area contributed by atoms with Crippen molar-refractivity contribution >= 4 is 0 Å². The highest BCUT2D eigenvalue weighted by molar-refractivity contribution is 5.33. The second kappa shape index (κ2) is 6.68. The van der Waals surface area contributed by atoms with Gasteiger partial charge in [-0.05, 0) is 23.6 Å². The van der Waals surface area contributed by atoms with E-state index in [4.69, 9.17) is 9.47 Å². The number of rotatable bonds is 5. The van der Waals surface area contributed by atoms with E-state index in [-0.39, 0.29) is 0 Å². The molecule has 1 fully saturated rings. The van der Waals surface area contributed by atoms with Gasteiger partial charge in [-0.2, -0.15) is 0 Å². The van der Waals surface area contributed by atoms with Crippen LogP contribution in [0.15, 0.2) is 18.2 Å². The molecule has 1 saturated heterocycles. The Labute approximate surface area is 121 Å². The van der Waals surface area contributed by atoms with Crippen molar-refractivity contribution in [3.63, 3.8) is 0 Å². The molecule has 0 aromatic heterocycles. The summed E-state index contributed by atoms with van der Waals surface area (Å²) in [6, 6.07) is 7.18. The molecule has 0 saturated carbocycles. The minimum Gasteiger partial charge on any atom is -0.379 e. The van der Waals surface area contributed by atoms with Gasteiger partial charge in [-0.3, -0.25) is 4.90 Å². The lowest BCUT2D eigenvalue weighted by Gasteiger charge is -2.29. The van der Waals surface area contributed by atoms with E-state index < -0.39 is 0 Å². The molecule has 3 rings (SSSR count). The average molecular weight is 276 g/mol. The van der Waals surface area contributed by atoms with Crippen LogP contribution in [0.1, 0.15) is 23.6 Å². The maximum Gasteiger partial charge on any atom is 0.0725 e. The minimum atomic E-state index is 0.498. The lowest BCUT2D eigenvalue weighted by Crippen LogP contribution is -2.44. The number of ether oxygens (including phenoxy) is 2. The molecule has 1 N–H and O–H groups in total. The molecule has 0 amide bonds. The third kappa shape index (κ3) is 3.58. The van der Waals surface area contributed by atoms with E-state index in [1.807, 2.05) is 0 Å². The summed E-state index contributed by atoms with van der Waals surface area (Å²) in [5.74, 6) is 0. The van der Waals surface area contributed by atoms with Crippen LogP contribution in [0.4, 0.5) is 0 Å². The van der Waals surface area contributed by atoms with Crippen molar-refractivity contribution < 1.29 is 9.47 Å². The van der Waals surface area contributed by atoms with Crippen molar-refractivity contribution in [2.45, 2.75) is 32.7 Å². The van der Waals surface area contributed by atoms with Crippen LogP contribution in [0.2, 0.25) is 0 Å². The molecule has 1 atom stereocenters. The highest BCUT2D eigenvalue weighted by atomic mass is 16.5. The molecule has 0 bridgehead atoms. The second-order valence-corrected chi connectivity index (χ2v) is 5.79. The molecule has 20 heavy (non-hydrogen) atoms. The minimum absolute atomic E-state index is 0.498. The van der Waals surface area contributed by atoms with Crippen molar-refractivity contribution in [3.05, 3.63) is 34.9 Å². The predicted octanol–water partition coefficient (Wildman–Crippen LogP) is 1.53. The Morgan fingerprint density at radius 3 is 2.80 bits per heavy atom. The van der Waals surface area contributed by atoms with Gasteiger partial charge < -0.3 is 14.8 Å². The van der Waals surface area contributed by atoms with Crippen LogP contribution in [-0.2, 0) is 29.2 Å². The third-order valence-corrected chi connectivity index (χ3v) is 4.08. The van der Waals surface area contributed by atoms with Gasteiger partial charge in [0.05, 0.1) is 26.4 Å². The maximum atomic E-state index is 5.46. The van der Waals surface area contributed by atoms with E-state index >= 15 is 0 Å². The van der Waals surface area contributed by atoms with Crippen molar-refractivity contribution in [3.8, 4) is 0 Å². The molecule has 1 aromatic carbocycles. The van der Waals surface area contributed by atoms with Gasteiger partial charge in [0.1, 0.15) is 0 Å². The summed E-state index contributed by atoms with van der Waals surface area (Å²) in [5.41, 5.74) is 4.04. The molecular formula is C16H24N2O2. The molecule has 2 heterocycles. The number of morpholine rings is 1. The Hall–Kier alpha value is -0.940. The van der Waals surface area contributed by atoms with Crippen LogP contribution in [0.25, 0.3) is 0 Å². The molecule has 1 unspecified atom stereocenters. The first-order valence-electron chi connectivity index (χ1n) is 7.53. The molecule has 110 valence electrons. The molecule has 2 aliphatic rings. The first-order chi connectivity index (χ1) is 9.81. The zero-order valence-corrected chi connectivity index (χ0v) is 12.2. The van der Waals surface area contributed by atoms with Crippen LogP contribution >= 0.6 is 0 Å². The molecule has 0 radical (unpaired) electrons. The molecule has 4 heteroatoms. The lowest BCUT2D eigenvalue weighted by atomic mass is 10.1. The van der Waals surface area contributed by atoms with E-state index in [0.717, 1.165) is 52.6 Å². The number of hydrogen-bond acceptors (Lipinski definition) is 4. The van der Waals surface area contributed by atoms with Gasteiger partial charge in [-0.15, -0.1) is 0 Å². The number of hydrogen-bond donors (Lipinski definition) is 1. The van der Waals surface area contributed by atoms with Gasteiger partial charge in [0.2, 0.25) is 0 Å². The van der Waals surface area contributed by atoms with E-state index in [9.17, 15) is 0 Å². The van der Waals surface area contributed by atoms with Crippen LogP contribution in [0.3, 0.4) is 0 Å². The van der Waals surface area contributed by atoms with Crippen LogP contribution < -0.4 is 5.32 Å². The first kappa shape index (κ1) is 14.0. The van der Waals surface area contributed by atoms with E-state index in [0.29, 0.717) is 6.04 Å². The Kier molecular flexibility index (Phi) is 4.68. The molecular weight excluding hydrogens is 252 g/mol. The van der Waals surface area contributed by atoms with Gasteiger partial charge in [0.15, 0.2) is 0 Å². The van der Waals surface area contributed by atoms with Crippen molar-refractivity contribution in [2.75, 3.05) is 32.8 Å². The summed E-state index contributed by atoms with van der Waals surface area (Å²) in [6.45, 7) is 9.69. The fourth-order valence-corrected chi connectivity index (χ4v) is 2.86. The van der Waals surface area contributed by atoms with Crippen molar-refractivity contribution in [2.24, 2.45) is 0 Å². The molecule has 0 spiro atoms. The summed E-state index contributed by atoms with van der Waals surface area (Å²) < 4.78 is 10.8. The van der Waals surface area contributed by atoms with Gasteiger partial charge in [-0.1, -0.05) is 18.2 Å². The van der Waals surface area contributed by atoms with E-state index in [2.05, 4.69) is 35.3 Å². The molecule has 0 aliphatic carbocycles. The lowest BCUT2D eigenvalue weighted by molar-refractivity contribution is 0.0343. The monoisotopic (exact) mass is 276 g/mol. The SMILES string of the molecule is CC(CN1CCOCC1)NCc1ccc2c(c1)COC2. The predicted molar refractivity (Wildman–Crippen MR) is 78.5 cm³/mol. The number of benzene rings is 1. The van der Waals surface area contributed by atoms with Gasteiger partial charge in [0, 0.05) is 32.2 Å². The standard InChI is InChI=1S/C16H24N2O2/c1-13(10-18-4-6-19-7-5-18)17-9-14-2-3-15-11-20-12-16(15)8-14/h2-3,8,13,17H,4-7,9-12H2,1H3. The normalized spacial score (nSPS) is 20.9. The summed E-state index contributed by atoms with van der Waals surface area (Å²) in [4.78, 5) is 2.47. The summed E-state index contributed by atoms with van der Waals surface area (Å²) in [5, 5.41) is 3.61. The molecule has 1 aromatic rings. The number of fused-ring (bicyclic) bond motifs is 1. The number of nitrogens with zero attached hydrogens (tertiary/aromatic N) is 1. The Bertz CT molecular complexity index is 444. The third-order valence-electron chi connectivity index (χ3n) is 4.08. The van der Waals surface area contributed by atoms with Crippen LogP contribution in [-0.4, -0.2) is 43.8 Å². The van der Waals surface area contributed by atoms with Crippen LogP contribution in [0, 0.1) is 0 Å². The fourth-order valence-electron chi connectivity index (χ4n) is 2.86. The highest BCUT2D eigenvalue weighted by Crippen LogP contribution is 2.20. The van der Waals surface area contributed by atoms with Crippen LogP contribution in [0.5, 0.6) is 0 Å². The second-order valence-electron chi connectivity index (χ2n) is 5.79. The Morgan fingerprint density at radius 2 is 1.95 bits per heavy atom. The first-order valence-corrected chi connectivity index (χ1v) is 7.53. The van der Waals surface area contributed by atoms with E-state index in [1.54, 1.807) is 0 Å². The zero-order chi connectivity index (χ0) is 13.8. The Balaban J connectivity index is 1.46. The summed E-state index contributed by atoms with van der Waals surface area (Å²) in [6.07, 6.45) is 0. The van der Waals surface area contributed by atoms with Gasteiger partial charge >= 0.3 is 0 Å². The number of nitrogens with one attached hydrogen (secondary N) is 1. The fraction of sp³-hybridized carbons (Fsp3) is 0.625. The summed E-state index contributed by atoms with van der Waals surface area (Å²) >= 11 is 0. The van der Waals surface area contributed by atoms with Gasteiger partial charge in [0.25, 0.3) is 0 Å². The molecule has 2 aliphatic heterocycles. The average Bonchev–Trinajstić information content (AvgIpc) is 2.93.